The van der Waals surface area contributed by atoms with E-state index in [0.717, 1.165) is 0 Å². The minimum absolute atomic E-state index is 0.181. The van der Waals surface area contributed by atoms with Crippen LogP contribution in [0.25, 0.3) is 0 Å². The number of rotatable bonds is 2. The Bertz CT molecular complexity index is 163. The quantitative estimate of drug-likeness (QED) is 0.343. The maximum atomic E-state index is 11.9. The minimum atomic E-state index is -4.57. The van der Waals surface area contributed by atoms with Gasteiger partial charge in [0.1, 0.15) is 0 Å². The van der Waals surface area contributed by atoms with Gasteiger partial charge in [-0.3, -0.25) is 0 Å². The van der Waals surface area contributed by atoms with Crippen LogP contribution in [0.3, 0.4) is 0 Å². The molecule has 5 heteroatoms. The first-order valence-electron chi connectivity index (χ1n) is 2.13. The summed E-state index contributed by atoms with van der Waals surface area (Å²) in [5.74, 6) is -4.38. The first-order valence-corrected chi connectivity index (χ1v) is 2.50. The molecule has 0 aliphatic heterocycles. The molecule has 0 heterocycles. The van der Waals surface area contributed by atoms with E-state index in [2.05, 4.69) is 18.2 Å². The van der Waals surface area contributed by atoms with Crippen molar-refractivity contribution < 1.29 is 17.6 Å². The van der Waals surface area contributed by atoms with Gasteiger partial charge in [-0.1, -0.05) is 6.58 Å². The Morgan fingerprint density at radius 2 is 1.70 bits per heavy atom. The average Bonchev–Trinajstić information content (AvgIpc) is 1.61. The fourth-order valence-electron chi connectivity index (χ4n) is 0.210. The van der Waals surface area contributed by atoms with Crippen LogP contribution in [-0.4, -0.2) is 11.3 Å². The molecule has 0 amide bonds. The standard InChI is InChI=1S/C5H3ClF4/c1-2-3-4(7,8)5(6,9)10/h3H,1H2. The summed E-state index contributed by atoms with van der Waals surface area (Å²) in [7, 11) is 0. The molecule has 0 radical (unpaired) electrons. The Morgan fingerprint density at radius 1 is 1.30 bits per heavy atom. The van der Waals surface area contributed by atoms with E-state index in [-0.39, 0.29) is 6.08 Å². The first-order chi connectivity index (χ1) is 4.31. The molecule has 10 heavy (non-hydrogen) atoms. The van der Waals surface area contributed by atoms with E-state index in [1.165, 1.54) is 5.73 Å². The van der Waals surface area contributed by atoms with E-state index in [1.54, 1.807) is 0 Å². The Morgan fingerprint density at radius 3 is 1.80 bits per heavy atom. The smallest absolute Gasteiger partial charge is 0.193 e. The van der Waals surface area contributed by atoms with Crippen LogP contribution in [0.4, 0.5) is 17.6 Å². The molecule has 0 bridgehead atoms. The highest BCUT2D eigenvalue weighted by Gasteiger charge is 2.53. The zero-order chi connectivity index (χ0) is 8.41. The average molecular weight is 175 g/mol. The molecule has 0 spiro atoms. The fraction of sp³-hybridized carbons (Fsp3) is 0.400. The number of hydrogen-bond donors (Lipinski definition) is 0. The third-order valence-corrected chi connectivity index (χ3v) is 0.913. The highest BCUT2D eigenvalue weighted by atomic mass is 35.5. The van der Waals surface area contributed by atoms with Crippen molar-refractivity contribution in [2.45, 2.75) is 11.3 Å². The highest BCUT2D eigenvalue weighted by molar-refractivity contribution is 6.22. The molecule has 0 atom stereocenters. The largest absolute Gasteiger partial charge is 0.388 e. The number of allylic oxidation sites excluding steroid dienone is 1. The van der Waals surface area contributed by atoms with E-state index in [4.69, 9.17) is 0 Å². The summed E-state index contributed by atoms with van der Waals surface area (Å²) in [5.41, 5.74) is 1.53. The summed E-state index contributed by atoms with van der Waals surface area (Å²) < 4.78 is 47.0. The molecule has 0 aromatic heterocycles. The lowest BCUT2D eigenvalue weighted by Gasteiger charge is -2.15. The molecule has 0 nitrogen and oxygen atoms in total. The Balaban J connectivity index is 4.56. The van der Waals surface area contributed by atoms with Gasteiger partial charge in [-0.25, -0.2) is 0 Å². The minimum Gasteiger partial charge on any atom is -0.193 e. The van der Waals surface area contributed by atoms with Gasteiger partial charge in [-0.05, 0) is 11.6 Å². The molecule has 0 N–H and O–H groups in total. The van der Waals surface area contributed by atoms with Crippen molar-refractivity contribution >= 4 is 11.6 Å². The second-order valence-electron chi connectivity index (χ2n) is 1.47. The SMILES string of the molecule is C=C=CC(F)(F)C(F)(F)Cl. The van der Waals surface area contributed by atoms with Crippen LogP contribution in [-0.2, 0) is 0 Å². The van der Waals surface area contributed by atoms with Gasteiger partial charge in [0.25, 0.3) is 0 Å². The third-order valence-electron chi connectivity index (χ3n) is 0.661. The van der Waals surface area contributed by atoms with Gasteiger partial charge in [-0.2, -0.15) is 17.6 Å². The molecule has 0 aromatic carbocycles. The molecule has 0 rings (SSSR count). The number of hydrogen-bond acceptors (Lipinski definition) is 0. The van der Waals surface area contributed by atoms with Gasteiger partial charge in [0.15, 0.2) is 0 Å². The topological polar surface area (TPSA) is 0 Å². The molecule has 0 aliphatic rings. The third kappa shape index (κ3) is 2.05. The van der Waals surface area contributed by atoms with Gasteiger partial charge in [-0.15, -0.1) is 5.73 Å². The maximum Gasteiger partial charge on any atom is 0.388 e. The predicted molar refractivity (Wildman–Crippen MR) is 29.5 cm³/mol. The van der Waals surface area contributed by atoms with Crippen molar-refractivity contribution in [1.29, 1.82) is 0 Å². The molecule has 0 saturated carbocycles. The number of alkyl halides is 5. The van der Waals surface area contributed by atoms with E-state index in [9.17, 15) is 17.6 Å². The highest BCUT2D eigenvalue weighted by Crippen LogP contribution is 2.38. The molecule has 0 fully saturated rings. The van der Waals surface area contributed by atoms with E-state index >= 15 is 0 Å². The zero-order valence-corrected chi connectivity index (χ0v) is 5.43. The normalized spacial score (nSPS) is 12.5. The van der Waals surface area contributed by atoms with Crippen LogP contribution in [0.2, 0.25) is 0 Å². The van der Waals surface area contributed by atoms with E-state index < -0.39 is 11.3 Å². The lowest BCUT2D eigenvalue weighted by atomic mass is 10.3. The van der Waals surface area contributed by atoms with Gasteiger partial charge in [0.05, 0.1) is 0 Å². The lowest BCUT2D eigenvalue weighted by Crippen LogP contribution is -2.32. The Kier molecular flexibility index (Phi) is 2.52. The van der Waals surface area contributed by atoms with E-state index in [1.807, 2.05) is 0 Å². The predicted octanol–water partition coefficient (Wildman–Crippen LogP) is 2.79. The van der Waals surface area contributed by atoms with Crippen molar-refractivity contribution in [1.82, 2.24) is 0 Å². The molecule has 58 valence electrons. The van der Waals surface area contributed by atoms with E-state index in [0.29, 0.717) is 0 Å². The molecule has 0 saturated heterocycles. The van der Waals surface area contributed by atoms with Crippen molar-refractivity contribution in [3.05, 3.63) is 18.4 Å². The summed E-state index contributed by atoms with van der Waals surface area (Å²) in [6.07, 6.45) is -0.181. The van der Waals surface area contributed by atoms with Crippen molar-refractivity contribution in [2.75, 3.05) is 0 Å². The Labute approximate surface area is 59.8 Å². The monoisotopic (exact) mass is 174 g/mol. The second kappa shape index (κ2) is 2.64. The summed E-state index contributed by atoms with van der Waals surface area (Å²) in [4.78, 5) is 0. The first kappa shape index (κ1) is 9.53. The van der Waals surface area contributed by atoms with Crippen molar-refractivity contribution in [3.63, 3.8) is 0 Å². The zero-order valence-electron chi connectivity index (χ0n) is 4.67. The number of halogens is 5. The van der Waals surface area contributed by atoms with Gasteiger partial charge < -0.3 is 0 Å². The maximum absolute atomic E-state index is 11.9. The van der Waals surface area contributed by atoms with Crippen LogP contribution in [0, 0.1) is 0 Å². The molecular formula is C5H3ClF4. The summed E-state index contributed by atoms with van der Waals surface area (Å²) >= 11 is 4.02. The lowest BCUT2D eigenvalue weighted by molar-refractivity contribution is -0.122. The summed E-state index contributed by atoms with van der Waals surface area (Å²) in [6, 6.07) is 0. The van der Waals surface area contributed by atoms with Crippen LogP contribution in [0.5, 0.6) is 0 Å². The van der Waals surface area contributed by atoms with Crippen LogP contribution >= 0.6 is 11.6 Å². The molecule has 0 aliphatic carbocycles. The molecule has 0 unspecified atom stereocenters. The van der Waals surface area contributed by atoms with Crippen molar-refractivity contribution in [2.24, 2.45) is 0 Å². The van der Waals surface area contributed by atoms with Crippen LogP contribution in [0.1, 0.15) is 0 Å². The second-order valence-corrected chi connectivity index (χ2v) is 1.94. The fourth-order valence-corrected chi connectivity index (χ4v) is 0.265. The van der Waals surface area contributed by atoms with Gasteiger partial charge >= 0.3 is 11.3 Å². The van der Waals surface area contributed by atoms with Gasteiger partial charge in [0.2, 0.25) is 0 Å². The van der Waals surface area contributed by atoms with Crippen LogP contribution < -0.4 is 0 Å². The molecular weight excluding hydrogens is 172 g/mol. The summed E-state index contributed by atoms with van der Waals surface area (Å²) in [6.45, 7) is 2.71. The van der Waals surface area contributed by atoms with Gasteiger partial charge in [0, 0.05) is 6.08 Å². The Hall–Kier alpha value is -0.470. The summed E-state index contributed by atoms with van der Waals surface area (Å²) in [5, 5.41) is -4.57. The van der Waals surface area contributed by atoms with Crippen molar-refractivity contribution in [3.8, 4) is 0 Å². The van der Waals surface area contributed by atoms with Crippen LogP contribution in [0.15, 0.2) is 18.4 Å². The molecule has 0 aromatic rings.